The fourth-order valence-corrected chi connectivity index (χ4v) is 2.09. The normalized spacial score (nSPS) is 14.9. The van der Waals surface area contributed by atoms with Gasteiger partial charge in [0.05, 0.1) is 0 Å². The van der Waals surface area contributed by atoms with Crippen molar-refractivity contribution >= 4 is 29.3 Å². The first-order chi connectivity index (χ1) is 7.36. The van der Waals surface area contributed by atoms with E-state index in [1.165, 1.54) is 0 Å². The molecule has 1 amide bonds. The van der Waals surface area contributed by atoms with E-state index in [-0.39, 0.29) is 18.3 Å². The maximum absolute atomic E-state index is 11.7. The van der Waals surface area contributed by atoms with Gasteiger partial charge in [-0.1, -0.05) is 0 Å². The Morgan fingerprint density at radius 3 is 3.12 bits per heavy atom. The highest BCUT2D eigenvalue weighted by Crippen LogP contribution is 2.23. The molecule has 0 aromatic carbocycles. The average Bonchev–Trinajstić information content (AvgIpc) is 2.54. The third-order valence-corrected chi connectivity index (χ3v) is 2.79. The number of nitrogens with one attached hydrogen (secondary N) is 2. The second-order valence-electron chi connectivity index (χ2n) is 3.74. The molecule has 3 heterocycles. The summed E-state index contributed by atoms with van der Waals surface area (Å²) in [5.41, 5.74) is 2.59. The second-order valence-corrected chi connectivity index (χ2v) is 3.74. The van der Waals surface area contributed by atoms with Crippen molar-refractivity contribution in [3.05, 3.63) is 29.6 Å². The Labute approximate surface area is 98.9 Å². The Bertz CT molecular complexity index is 535. The lowest BCUT2D eigenvalue weighted by Gasteiger charge is -1.96. The van der Waals surface area contributed by atoms with Crippen LogP contribution in [0.15, 0.2) is 18.3 Å². The van der Waals surface area contributed by atoms with Gasteiger partial charge in [0.1, 0.15) is 11.3 Å². The highest BCUT2D eigenvalue weighted by molar-refractivity contribution is 6.00. The first kappa shape index (κ1) is 11.0. The smallest absolute Gasteiger partial charge is 0.268 e. The zero-order chi connectivity index (χ0) is 10.3. The molecule has 5 heteroatoms. The number of aromatic nitrogens is 2. The minimum Gasteiger partial charge on any atom is -0.351 e. The number of aromatic amines is 1. The minimum atomic E-state index is -0.0134. The summed E-state index contributed by atoms with van der Waals surface area (Å²) in [6, 6.07) is 3.91. The van der Waals surface area contributed by atoms with Crippen LogP contribution in [0.25, 0.3) is 11.0 Å². The molecule has 0 unspecified atom stereocenters. The number of hydrogen-bond donors (Lipinski definition) is 2. The molecule has 2 aromatic heterocycles. The van der Waals surface area contributed by atoms with Gasteiger partial charge in [0.15, 0.2) is 0 Å². The van der Waals surface area contributed by atoms with Gasteiger partial charge in [-0.3, -0.25) is 4.79 Å². The van der Waals surface area contributed by atoms with Crippen LogP contribution in [-0.4, -0.2) is 22.4 Å². The summed E-state index contributed by atoms with van der Waals surface area (Å²) < 4.78 is 0. The van der Waals surface area contributed by atoms with Gasteiger partial charge in [-0.15, -0.1) is 12.4 Å². The fourth-order valence-electron chi connectivity index (χ4n) is 2.09. The van der Waals surface area contributed by atoms with E-state index in [9.17, 15) is 4.79 Å². The van der Waals surface area contributed by atoms with E-state index in [2.05, 4.69) is 15.3 Å². The molecule has 0 atom stereocenters. The number of H-pyrrole nitrogens is 1. The first-order valence-corrected chi connectivity index (χ1v) is 5.10. The lowest BCUT2D eigenvalue weighted by molar-refractivity contribution is 0.0952. The van der Waals surface area contributed by atoms with E-state index in [0.29, 0.717) is 5.69 Å². The number of hydrogen-bond acceptors (Lipinski definition) is 2. The number of amides is 1. The zero-order valence-electron chi connectivity index (χ0n) is 8.62. The van der Waals surface area contributed by atoms with Crippen molar-refractivity contribution < 1.29 is 4.79 Å². The van der Waals surface area contributed by atoms with Crippen LogP contribution < -0.4 is 5.32 Å². The Morgan fingerprint density at radius 1 is 1.38 bits per heavy atom. The van der Waals surface area contributed by atoms with Crippen LogP contribution in [0.1, 0.15) is 22.5 Å². The molecule has 16 heavy (non-hydrogen) atoms. The van der Waals surface area contributed by atoms with E-state index >= 15 is 0 Å². The van der Waals surface area contributed by atoms with Crippen LogP contribution in [0.5, 0.6) is 0 Å². The largest absolute Gasteiger partial charge is 0.351 e. The summed E-state index contributed by atoms with van der Waals surface area (Å²) in [6.07, 6.45) is 3.65. The topological polar surface area (TPSA) is 57.8 Å². The van der Waals surface area contributed by atoms with E-state index in [0.717, 1.165) is 36.0 Å². The molecule has 1 aliphatic rings. The standard InChI is InChI=1S/C11H11N3O.ClH/c15-11-9-7(3-1-6-13-11)8-4-2-5-12-10(8)14-9;/h2,4-5H,1,3,6H2,(H,12,14)(H,13,15);1H. The molecule has 0 fully saturated rings. The molecule has 84 valence electrons. The molecule has 1 aliphatic heterocycles. The number of carbonyl (C=O) groups excluding carboxylic acids is 1. The number of rotatable bonds is 0. The maximum atomic E-state index is 11.7. The van der Waals surface area contributed by atoms with Gasteiger partial charge in [0, 0.05) is 18.1 Å². The van der Waals surface area contributed by atoms with Gasteiger partial charge in [-0.25, -0.2) is 4.98 Å². The number of aryl methyl sites for hydroxylation is 1. The predicted molar refractivity (Wildman–Crippen MR) is 64.0 cm³/mol. The van der Waals surface area contributed by atoms with E-state index in [1.54, 1.807) is 6.20 Å². The SMILES string of the molecule is Cl.O=C1NCCCc2c1[nH]c1ncccc21. The summed E-state index contributed by atoms with van der Waals surface area (Å²) >= 11 is 0. The van der Waals surface area contributed by atoms with Crippen molar-refractivity contribution in [1.29, 1.82) is 0 Å². The Hall–Kier alpha value is -1.55. The number of pyridine rings is 1. The Balaban J connectivity index is 0.000000963. The van der Waals surface area contributed by atoms with Gasteiger partial charge < -0.3 is 10.3 Å². The van der Waals surface area contributed by atoms with Crippen molar-refractivity contribution in [1.82, 2.24) is 15.3 Å². The zero-order valence-corrected chi connectivity index (χ0v) is 9.43. The van der Waals surface area contributed by atoms with Gasteiger partial charge in [-0.05, 0) is 30.5 Å². The molecule has 0 radical (unpaired) electrons. The molecule has 3 rings (SSSR count). The van der Waals surface area contributed by atoms with Gasteiger partial charge >= 0.3 is 0 Å². The molecule has 0 aliphatic carbocycles. The highest BCUT2D eigenvalue weighted by atomic mass is 35.5. The number of fused-ring (bicyclic) bond motifs is 3. The molecular formula is C11H12ClN3O. The fraction of sp³-hybridized carbons (Fsp3) is 0.273. The van der Waals surface area contributed by atoms with Gasteiger partial charge in [0.2, 0.25) is 0 Å². The van der Waals surface area contributed by atoms with Gasteiger partial charge in [-0.2, -0.15) is 0 Å². The van der Waals surface area contributed by atoms with E-state index in [1.807, 2.05) is 12.1 Å². The lowest BCUT2D eigenvalue weighted by Crippen LogP contribution is -2.22. The molecular weight excluding hydrogens is 226 g/mol. The van der Waals surface area contributed by atoms with Crippen LogP contribution in [0.3, 0.4) is 0 Å². The summed E-state index contributed by atoms with van der Waals surface area (Å²) in [5, 5.41) is 3.94. The van der Waals surface area contributed by atoms with Crippen LogP contribution in [0, 0.1) is 0 Å². The molecule has 0 spiro atoms. The highest BCUT2D eigenvalue weighted by Gasteiger charge is 2.19. The number of halogens is 1. The minimum absolute atomic E-state index is 0. The van der Waals surface area contributed by atoms with Crippen molar-refractivity contribution in [2.45, 2.75) is 12.8 Å². The van der Waals surface area contributed by atoms with Gasteiger partial charge in [0.25, 0.3) is 5.91 Å². The Kier molecular flexibility index (Phi) is 2.83. The van der Waals surface area contributed by atoms with Crippen molar-refractivity contribution in [2.75, 3.05) is 6.54 Å². The van der Waals surface area contributed by atoms with Crippen LogP contribution in [0.4, 0.5) is 0 Å². The maximum Gasteiger partial charge on any atom is 0.268 e. The van der Waals surface area contributed by atoms with E-state index < -0.39 is 0 Å². The number of nitrogens with zero attached hydrogens (tertiary/aromatic N) is 1. The van der Waals surface area contributed by atoms with Crippen molar-refractivity contribution in [3.63, 3.8) is 0 Å². The average molecular weight is 238 g/mol. The third-order valence-electron chi connectivity index (χ3n) is 2.79. The summed E-state index contributed by atoms with van der Waals surface area (Å²) in [7, 11) is 0. The summed E-state index contributed by atoms with van der Waals surface area (Å²) in [6.45, 7) is 0.753. The molecule has 4 nitrogen and oxygen atoms in total. The molecule has 2 aromatic rings. The summed E-state index contributed by atoms with van der Waals surface area (Å²) in [5.74, 6) is -0.0134. The quantitative estimate of drug-likeness (QED) is 0.732. The van der Waals surface area contributed by atoms with E-state index in [4.69, 9.17) is 0 Å². The number of carbonyl (C=O) groups is 1. The third kappa shape index (κ3) is 1.55. The molecule has 2 N–H and O–H groups in total. The Morgan fingerprint density at radius 2 is 2.25 bits per heavy atom. The second kappa shape index (κ2) is 4.14. The monoisotopic (exact) mass is 237 g/mol. The van der Waals surface area contributed by atoms with Crippen LogP contribution in [0.2, 0.25) is 0 Å². The van der Waals surface area contributed by atoms with Crippen molar-refractivity contribution in [2.24, 2.45) is 0 Å². The van der Waals surface area contributed by atoms with Crippen LogP contribution in [-0.2, 0) is 6.42 Å². The molecule has 0 saturated heterocycles. The molecule has 0 saturated carbocycles. The van der Waals surface area contributed by atoms with Crippen molar-refractivity contribution in [3.8, 4) is 0 Å². The lowest BCUT2D eigenvalue weighted by atomic mass is 10.1. The predicted octanol–water partition coefficient (Wildman–Crippen LogP) is 1.66. The first-order valence-electron chi connectivity index (χ1n) is 5.10. The molecule has 0 bridgehead atoms. The van der Waals surface area contributed by atoms with Crippen LogP contribution >= 0.6 is 12.4 Å². The summed E-state index contributed by atoms with van der Waals surface area (Å²) in [4.78, 5) is 19.0.